The average Bonchev–Trinajstić information content (AvgIpc) is 2.34. The van der Waals surface area contributed by atoms with Gasteiger partial charge in [0.05, 0.1) is 35.5 Å². The van der Waals surface area contributed by atoms with Crippen LogP contribution < -0.4 is 5.73 Å². The lowest BCUT2D eigenvalue weighted by molar-refractivity contribution is 0.109. The van der Waals surface area contributed by atoms with Crippen molar-refractivity contribution >= 4 is 9.84 Å². The summed E-state index contributed by atoms with van der Waals surface area (Å²) in [7, 11) is -3.43. The number of hydrogen-bond donors (Lipinski definition) is 1. The van der Waals surface area contributed by atoms with Crippen LogP contribution in [0.4, 0.5) is 0 Å². The van der Waals surface area contributed by atoms with Crippen LogP contribution in [0.5, 0.6) is 0 Å². The van der Waals surface area contributed by atoms with Crippen molar-refractivity contribution in [1.29, 1.82) is 5.26 Å². The summed E-state index contributed by atoms with van der Waals surface area (Å²) in [5.41, 5.74) is 5.57. The topological polar surface area (TPSA) is 93.2 Å². The lowest BCUT2D eigenvalue weighted by Crippen LogP contribution is -2.37. The van der Waals surface area contributed by atoms with Gasteiger partial charge in [-0.1, -0.05) is 6.07 Å². The van der Waals surface area contributed by atoms with Crippen LogP contribution >= 0.6 is 0 Å². The van der Waals surface area contributed by atoms with E-state index in [-0.39, 0.29) is 17.3 Å². The summed E-state index contributed by atoms with van der Waals surface area (Å²) < 4.78 is 29.3. The summed E-state index contributed by atoms with van der Waals surface area (Å²) in [6.45, 7) is 3.98. The van der Waals surface area contributed by atoms with Gasteiger partial charge in [-0.05, 0) is 32.0 Å². The highest BCUT2D eigenvalue weighted by Gasteiger charge is 2.16. The van der Waals surface area contributed by atoms with Crippen LogP contribution in [0.25, 0.3) is 0 Å². The van der Waals surface area contributed by atoms with Crippen molar-refractivity contribution < 1.29 is 13.2 Å². The SMILES string of the molecule is CC(C)(N)COCCS(=O)(=O)c1cccc(C#N)c1. The van der Waals surface area contributed by atoms with Gasteiger partial charge < -0.3 is 10.5 Å². The zero-order chi connectivity index (χ0) is 14.5. The largest absolute Gasteiger partial charge is 0.378 e. The fraction of sp³-hybridized carbons (Fsp3) is 0.462. The fourth-order valence-electron chi connectivity index (χ4n) is 1.38. The Morgan fingerprint density at radius 1 is 1.42 bits per heavy atom. The molecule has 0 aliphatic carbocycles. The number of nitrogens with two attached hydrogens (primary N) is 1. The van der Waals surface area contributed by atoms with Crippen LogP contribution in [0.1, 0.15) is 19.4 Å². The predicted molar refractivity (Wildman–Crippen MR) is 72.3 cm³/mol. The molecule has 0 heterocycles. The van der Waals surface area contributed by atoms with Gasteiger partial charge in [0, 0.05) is 5.54 Å². The first-order valence-electron chi connectivity index (χ1n) is 5.84. The lowest BCUT2D eigenvalue weighted by Gasteiger charge is -2.18. The van der Waals surface area contributed by atoms with Crippen LogP contribution in [0.2, 0.25) is 0 Å². The maximum absolute atomic E-state index is 12.0. The Hall–Kier alpha value is -1.42. The van der Waals surface area contributed by atoms with Crippen LogP contribution in [0.3, 0.4) is 0 Å². The summed E-state index contributed by atoms with van der Waals surface area (Å²) >= 11 is 0. The molecule has 0 radical (unpaired) electrons. The number of rotatable bonds is 6. The summed E-state index contributed by atoms with van der Waals surface area (Å²) in [6.07, 6.45) is 0. The Labute approximate surface area is 113 Å². The Balaban J connectivity index is 2.64. The van der Waals surface area contributed by atoms with Crippen LogP contribution in [-0.2, 0) is 14.6 Å². The van der Waals surface area contributed by atoms with Crippen molar-refractivity contribution in [3.05, 3.63) is 29.8 Å². The van der Waals surface area contributed by atoms with E-state index in [2.05, 4.69) is 0 Å². The number of nitriles is 1. The molecule has 1 aromatic rings. The predicted octanol–water partition coefficient (Wildman–Crippen LogP) is 1.09. The van der Waals surface area contributed by atoms with Gasteiger partial charge in [-0.25, -0.2) is 8.42 Å². The Bertz CT molecular complexity index is 568. The molecule has 0 bridgehead atoms. The minimum Gasteiger partial charge on any atom is -0.378 e. The monoisotopic (exact) mass is 282 g/mol. The molecule has 104 valence electrons. The maximum Gasteiger partial charge on any atom is 0.180 e. The molecule has 0 unspecified atom stereocenters. The lowest BCUT2D eigenvalue weighted by atomic mass is 10.1. The van der Waals surface area contributed by atoms with E-state index in [0.717, 1.165) is 0 Å². The number of sulfone groups is 1. The molecule has 0 atom stereocenters. The molecule has 19 heavy (non-hydrogen) atoms. The standard InChI is InChI=1S/C13H18N2O3S/c1-13(2,15)10-18-6-7-19(16,17)12-5-3-4-11(8-12)9-14/h3-5,8H,6-7,10,15H2,1-2H3. The molecule has 2 N–H and O–H groups in total. The van der Waals surface area contributed by atoms with E-state index in [1.54, 1.807) is 26.0 Å². The zero-order valence-electron chi connectivity index (χ0n) is 11.1. The van der Waals surface area contributed by atoms with Crippen LogP contribution in [0.15, 0.2) is 29.2 Å². The van der Waals surface area contributed by atoms with E-state index in [0.29, 0.717) is 12.2 Å². The van der Waals surface area contributed by atoms with E-state index in [1.807, 2.05) is 6.07 Å². The van der Waals surface area contributed by atoms with Gasteiger partial charge in [0.2, 0.25) is 0 Å². The molecule has 0 aliphatic rings. The third-order valence-corrected chi connectivity index (χ3v) is 3.97. The number of benzene rings is 1. The first kappa shape index (κ1) is 15.6. The Kier molecular flexibility index (Phi) is 5.06. The van der Waals surface area contributed by atoms with Gasteiger partial charge >= 0.3 is 0 Å². The van der Waals surface area contributed by atoms with Gasteiger partial charge in [-0.2, -0.15) is 5.26 Å². The van der Waals surface area contributed by atoms with Crippen molar-refractivity contribution in [3.63, 3.8) is 0 Å². The quantitative estimate of drug-likeness (QED) is 0.788. The summed E-state index contributed by atoms with van der Waals surface area (Å²) in [6, 6.07) is 7.87. The molecule has 0 aliphatic heterocycles. The smallest absolute Gasteiger partial charge is 0.180 e. The summed E-state index contributed by atoms with van der Waals surface area (Å²) in [4.78, 5) is 0.141. The van der Waals surface area contributed by atoms with Gasteiger partial charge in [0.25, 0.3) is 0 Å². The molecule has 0 saturated carbocycles. The first-order valence-corrected chi connectivity index (χ1v) is 7.49. The summed E-state index contributed by atoms with van der Waals surface area (Å²) in [5, 5.41) is 8.75. The normalized spacial score (nSPS) is 12.1. The molecule has 1 rings (SSSR count). The molecule has 5 nitrogen and oxygen atoms in total. The summed E-state index contributed by atoms with van der Waals surface area (Å²) in [5.74, 6) is -0.127. The average molecular weight is 282 g/mol. The molecule has 1 aromatic carbocycles. The Morgan fingerprint density at radius 2 is 2.11 bits per heavy atom. The van der Waals surface area contributed by atoms with Gasteiger partial charge in [-0.15, -0.1) is 0 Å². The van der Waals surface area contributed by atoms with E-state index in [4.69, 9.17) is 15.7 Å². The molecule has 6 heteroatoms. The van der Waals surface area contributed by atoms with Crippen molar-refractivity contribution in [1.82, 2.24) is 0 Å². The maximum atomic E-state index is 12.0. The van der Waals surface area contributed by atoms with Crippen molar-refractivity contribution in [2.24, 2.45) is 5.73 Å². The highest BCUT2D eigenvalue weighted by Crippen LogP contribution is 2.13. The van der Waals surface area contributed by atoms with Gasteiger partial charge in [0.1, 0.15) is 0 Å². The minimum absolute atomic E-state index is 0.0831. The van der Waals surface area contributed by atoms with Crippen molar-refractivity contribution in [3.8, 4) is 6.07 Å². The molecule has 0 aromatic heterocycles. The second-order valence-corrected chi connectivity index (χ2v) is 7.11. The highest BCUT2D eigenvalue weighted by atomic mass is 32.2. The molecule has 0 fully saturated rings. The van der Waals surface area contributed by atoms with E-state index in [1.165, 1.54) is 12.1 Å². The molecular formula is C13H18N2O3S. The van der Waals surface area contributed by atoms with Crippen LogP contribution in [0, 0.1) is 11.3 Å². The number of hydrogen-bond acceptors (Lipinski definition) is 5. The van der Waals surface area contributed by atoms with E-state index < -0.39 is 15.4 Å². The van der Waals surface area contributed by atoms with E-state index in [9.17, 15) is 8.42 Å². The van der Waals surface area contributed by atoms with Crippen LogP contribution in [-0.4, -0.2) is 32.9 Å². The van der Waals surface area contributed by atoms with Crippen molar-refractivity contribution in [2.75, 3.05) is 19.0 Å². The van der Waals surface area contributed by atoms with Gasteiger partial charge in [0.15, 0.2) is 9.84 Å². The van der Waals surface area contributed by atoms with Gasteiger partial charge in [-0.3, -0.25) is 0 Å². The minimum atomic E-state index is -3.43. The second kappa shape index (κ2) is 6.15. The molecular weight excluding hydrogens is 264 g/mol. The van der Waals surface area contributed by atoms with Crippen molar-refractivity contribution in [2.45, 2.75) is 24.3 Å². The highest BCUT2D eigenvalue weighted by molar-refractivity contribution is 7.91. The number of nitrogens with zero attached hydrogens (tertiary/aromatic N) is 1. The second-order valence-electron chi connectivity index (χ2n) is 5.00. The third kappa shape index (κ3) is 5.39. The third-order valence-electron chi connectivity index (χ3n) is 2.29. The molecule has 0 saturated heterocycles. The fourth-order valence-corrected chi connectivity index (χ4v) is 2.55. The zero-order valence-corrected chi connectivity index (χ0v) is 11.9. The number of ether oxygens (including phenoxy) is 1. The molecule has 0 amide bonds. The van der Waals surface area contributed by atoms with E-state index >= 15 is 0 Å². The Morgan fingerprint density at radius 3 is 2.68 bits per heavy atom. The molecule has 0 spiro atoms. The first-order chi connectivity index (χ1) is 8.74.